The molecule has 90 valence electrons. The van der Waals surface area contributed by atoms with Crippen LogP contribution >= 0.6 is 11.3 Å². The molecule has 2 aromatic carbocycles. The van der Waals surface area contributed by atoms with Crippen LogP contribution in [0.3, 0.4) is 0 Å². The number of nitrogens with zero attached hydrogens (tertiary/aromatic N) is 1. The van der Waals surface area contributed by atoms with E-state index < -0.39 is 0 Å². The average molecular weight is 254 g/mol. The van der Waals surface area contributed by atoms with E-state index >= 15 is 0 Å². The molecule has 0 aliphatic carbocycles. The fourth-order valence-electron chi connectivity index (χ4n) is 2.12. The van der Waals surface area contributed by atoms with E-state index in [1.807, 2.05) is 0 Å². The van der Waals surface area contributed by atoms with Crippen LogP contribution in [0.5, 0.6) is 0 Å². The second kappa shape index (κ2) is 4.88. The van der Waals surface area contributed by atoms with E-state index in [-0.39, 0.29) is 0 Å². The summed E-state index contributed by atoms with van der Waals surface area (Å²) >= 11 is 1.69. The Balaban J connectivity index is 2.12. The van der Waals surface area contributed by atoms with Crippen molar-refractivity contribution in [2.75, 3.05) is 6.54 Å². The first-order valence-corrected chi connectivity index (χ1v) is 6.89. The molecule has 1 aromatic heterocycles. The van der Waals surface area contributed by atoms with Crippen LogP contribution < -0.4 is 5.73 Å². The Labute approximate surface area is 110 Å². The lowest BCUT2D eigenvalue weighted by Gasteiger charge is -2.03. The van der Waals surface area contributed by atoms with Crippen molar-refractivity contribution in [3.8, 4) is 11.3 Å². The average Bonchev–Trinajstić information content (AvgIpc) is 2.87. The molecule has 0 aliphatic heterocycles. The van der Waals surface area contributed by atoms with Crippen molar-refractivity contribution in [1.82, 2.24) is 4.98 Å². The molecule has 0 aliphatic rings. The Bertz CT molecular complexity index is 668. The Morgan fingerprint density at radius 1 is 1.06 bits per heavy atom. The Morgan fingerprint density at radius 2 is 1.89 bits per heavy atom. The first kappa shape index (κ1) is 11.4. The number of hydrogen-bond donors (Lipinski definition) is 1. The second-order valence-electron chi connectivity index (χ2n) is 4.19. The van der Waals surface area contributed by atoms with Crippen LogP contribution in [0.15, 0.2) is 47.8 Å². The highest BCUT2D eigenvalue weighted by molar-refractivity contribution is 7.10. The number of aromatic nitrogens is 1. The lowest BCUT2D eigenvalue weighted by atomic mass is 10.0. The van der Waals surface area contributed by atoms with Crippen LogP contribution in [0, 0.1) is 0 Å². The molecule has 2 nitrogen and oxygen atoms in total. The number of benzene rings is 2. The van der Waals surface area contributed by atoms with Crippen LogP contribution in [0.4, 0.5) is 0 Å². The molecule has 0 fully saturated rings. The van der Waals surface area contributed by atoms with Gasteiger partial charge in [-0.3, -0.25) is 0 Å². The number of rotatable bonds is 3. The summed E-state index contributed by atoms with van der Waals surface area (Å²) in [6.07, 6.45) is 0.857. The van der Waals surface area contributed by atoms with Crippen molar-refractivity contribution in [2.24, 2.45) is 5.73 Å². The van der Waals surface area contributed by atoms with Gasteiger partial charge in [0, 0.05) is 17.4 Å². The third-order valence-electron chi connectivity index (χ3n) is 2.98. The van der Waals surface area contributed by atoms with Crippen molar-refractivity contribution in [3.63, 3.8) is 0 Å². The number of nitrogens with two attached hydrogens (primary N) is 1. The van der Waals surface area contributed by atoms with Gasteiger partial charge in [0.2, 0.25) is 0 Å². The minimum atomic E-state index is 0.655. The molecule has 0 amide bonds. The molecule has 3 rings (SSSR count). The molecule has 0 saturated heterocycles. The zero-order valence-electron chi connectivity index (χ0n) is 9.97. The van der Waals surface area contributed by atoms with Gasteiger partial charge in [-0.05, 0) is 17.3 Å². The van der Waals surface area contributed by atoms with Crippen LogP contribution in [0.25, 0.3) is 22.0 Å². The highest BCUT2D eigenvalue weighted by Gasteiger charge is 2.07. The first-order chi connectivity index (χ1) is 8.88. The Kier molecular flexibility index (Phi) is 3.09. The monoisotopic (exact) mass is 254 g/mol. The third-order valence-corrected chi connectivity index (χ3v) is 3.88. The summed E-state index contributed by atoms with van der Waals surface area (Å²) in [6.45, 7) is 0.655. The normalized spacial score (nSPS) is 10.9. The summed E-state index contributed by atoms with van der Waals surface area (Å²) < 4.78 is 0. The fraction of sp³-hybridized carbons (Fsp3) is 0.133. The predicted octanol–water partition coefficient (Wildman–Crippen LogP) is 3.46. The van der Waals surface area contributed by atoms with Crippen molar-refractivity contribution in [1.29, 1.82) is 0 Å². The van der Waals surface area contributed by atoms with Crippen molar-refractivity contribution in [2.45, 2.75) is 6.42 Å². The van der Waals surface area contributed by atoms with Gasteiger partial charge in [0.05, 0.1) is 10.7 Å². The molecule has 0 unspecified atom stereocenters. The molecule has 0 atom stereocenters. The predicted molar refractivity (Wildman–Crippen MR) is 77.8 cm³/mol. The molecule has 0 bridgehead atoms. The maximum absolute atomic E-state index is 5.57. The van der Waals surface area contributed by atoms with Gasteiger partial charge in [-0.1, -0.05) is 42.5 Å². The quantitative estimate of drug-likeness (QED) is 0.777. The summed E-state index contributed by atoms with van der Waals surface area (Å²) in [6, 6.07) is 14.7. The zero-order chi connectivity index (χ0) is 12.4. The van der Waals surface area contributed by atoms with Gasteiger partial charge in [-0.2, -0.15) is 0 Å². The molecular formula is C15H14N2S. The molecule has 3 heteroatoms. The minimum absolute atomic E-state index is 0.655. The molecule has 2 N–H and O–H groups in total. The number of thiazole rings is 1. The summed E-state index contributed by atoms with van der Waals surface area (Å²) in [4.78, 5) is 4.66. The number of fused-ring (bicyclic) bond motifs is 1. The van der Waals surface area contributed by atoms with Crippen molar-refractivity contribution >= 4 is 22.1 Å². The molecule has 0 radical (unpaired) electrons. The SMILES string of the molecule is NCCc1nc(-c2cccc3ccccc23)cs1. The topological polar surface area (TPSA) is 38.9 Å². The summed E-state index contributed by atoms with van der Waals surface area (Å²) in [5, 5.41) is 5.74. The van der Waals surface area contributed by atoms with Crippen LogP contribution in [-0.2, 0) is 6.42 Å². The van der Waals surface area contributed by atoms with Crippen LogP contribution in [-0.4, -0.2) is 11.5 Å². The minimum Gasteiger partial charge on any atom is -0.330 e. The maximum atomic E-state index is 5.57. The molecule has 3 aromatic rings. The van der Waals surface area contributed by atoms with Gasteiger partial charge < -0.3 is 5.73 Å². The van der Waals surface area contributed by atoms with E-state index in [1.54, 1.807) is 11.3 Å². The molecule has 0 spiro atoms. The van der Waals surface area contributed by atoms with Gasteiger partial charge in [0.15, 0.2) is 0 Å². The van der Waals surface area contributed by atoms with Crippen molar-refractivity contribution in [3.05, 3.63) is 52.9 Å². The number of hydrogen-bond acceptors (Lipinski definition) is 3. The third kappa shape index (κ3) is 2.03. The first-order valence-electron chi connectivity index (χ1n) is 6.01. The largest absolute Gasteiger partial charge is 0.330 e. The summed E-state index contributed by atoms with van der Waals surface area (Å²) in [7, 11) is 0. The highest BCUT2D eigenvalue weighted by Crippen LogP contribution is 2.29. The van der Waals surface area contributed by atoms with Crippen LogP contribution in [0.2, 0.25) is 0 Å². The van der Waals surface area contributed by atoms with Gasteiger partial charge in [0.1, 0.15) is 0 Å². The van der Waals surface area contributed by atoms with Crippen LogP contribution in [0.1, 0.15) is 5.01 Å². The summed E-state index contributed by atoms with van der Waals surface area (Å²) in [5.41, 5.74) is 7.82. The van der Waals surface area contributed by atoms with E-state index in [0.717, 1.165) is 17.1 Å². The molecule has 1 heterocycles. The second-order valence-corrected chi connectivity index (χ2v) is 5.13. The van der Waals surface area contributed by atoms with E-state index in [0.29, 0.717) is 6.54 Å². The maximum Gasteiger partial charge on any atom is 0.0945 e. The van der Waals surface area contributed by atoms with Gasteiger partial charge >= 0.3 is 0 Å². The zero-order valence-corrected chi connectivity index (χ0v) is 10.8. The Hall–Kier alpha value is -1.71. The lowest BCUT2D eigenvalue weighted by molar-refractivity contribution is 0.954. The lowest BCUT2D eigenvalue weighted by Crippen LogP contribution is -2.01. The van der Waals surface area contributed by atoms with Gasteiger partial charge in [-0.15, -0.1) is 11.3 Å². The van der Waals surface area contributed by atoms with Crippen molar-refractivity contribution < 1.29 is 0 Å². The van der Waals surface area contributed by atoms with Gasteiger partial charge in [-0.25, -0.2) is 4.98 Å². The smallest absolute Gasteiger partial charge is 0.0945 e. The molecular weight excluding hydrogens is 240 g/mol. The van der Waals surface area contributed by atoms with E-state index in [2.05, 4.69) is 52.8 Å². The Morgan fingerprint density at radius 3 is 2.78 bits per heavy atom. The van der Waals surface area contributed by atoms with E-state index in [1.165, 1.54) is 16.3 Å². The standard InChI is InChI=1S/C15H14N2S/c16-9-8-15-17-14(10-18-15)13-7-3-5-11-4-1-2-6-12(11)13/h1-7,10H,8-9,16H2. The fourth-order valence-corrected chi connectivity index (χ4v) is 2.94. The summed E-state index contributed by atoms with van der Waals surface area (Å²) in [5.74, 6) is 0. The molecule has 0 saturated carbocycles. The van der Waals surface area contributed by atoms with E-state index in [4.69, 9.17) is 5.73 Å². The molecule has 18 heavy (non-hydrogen) atoms. The highest BCUT2D eigenvalue weighted by atomic mass is 32.1. The van der Waals surface area contributed by atoms with E-state index in [9.17, 15) is 0 Å². The van der Waals surface area contributed by atoms with Gasteiger partial charge in [0.25, 0.3) is 0 Å².